The molecule has 0 atom stereocenters. The highest BCUT2D eigenvalue weighted by atomic mass is 19.1. The molecule has 0 aliphatic carbocycles. The first-order chi connectivity index (χ1) is 13.9. The first-order valence-corrected chi connectivity index (χ1v) is 9.34. The van der Waals surface area contributed by atoms with Gasteiger partial charge in [-0.05, 0) is 30.2 Å². The second kappa shape index (κ2) is 9.32. The van der Waals surface area contributed by atoms with Crippen LogP contribution >= 0.6 is 0 Å². The Balaban J connectivity index is 1.59. The highest BCUT2D eigenvalue weighted by Gasteiger charge is 2.14. The first kappa shape index (κ1) is 20.5. The first-order valence-electron chi connectivity index (χ1n) is 9.34. The average Bonchev–Trinajstić information content (AvgIpc) is 3.14. The fourth-order valence-corrected chi connectivity index (χ4v) is 2.63. The van der Waals surface area contributed by atoms with Gasteiger partial charge < -0.3 is 14.5 Å². The summed E-state index contributed by atoms with van der Waals surface area (Å²) in [5.74, 6) is -0.167. The lowest BCUT2D eigenvalue weighted by atomic mass is 10.2. The van der Waals surface area contributed by atoms with Crippen molar-refractivity contribution in [1.82, 2.24) is 4.98 Å². The van der Waals surface area contributed by atoms with Crippen molar-refractivity contribution in [1.29, 1.82) is 0 Å². The number of oxazole rings is 1. The van der Waals surface area contributed by atoms with Crippen molar-refractivity contribution in [2.75, 3.05) is 11.9 Å². The van der Waals surface area contributed by atoms with Crippen molar-refractivity contribution < 1.29 is 22.7 Å². The summed E-state index contributed by atoms with van der Waals surface area (Å²) in [5.41, 5.74) is 0.713. The van der Waals surface area contributed by atoms with Crippen LogP contribution in [0, 0.1) is 17.6 Å². The monoisotopic (exact) mass is 400 g/mol. The average molecular weight is 400 g/mol. The van der Waals surface area contributed by atoms with Gasteiger partial charge in [-0.3, -0.25) is 4.79 Å². The summed E-state index contributed by atoms with van der Waals surface area (Å²) in [6.07, 6.45) is 1.73. The number of aromatic nitrogens is 1. The van der Waals surface area contributed by atoms with Crippen LogP contribution in [-0.2, 0) is 11.2 Å². The van der Waals surface area contributed by atoms with E-state index in [0.717, 1.165) is 12.1 Å². The number of amides is 1. The molecule has 0 saturated heterocycles. The number of aryl methyl sites for hydroxylation is 1. The lowest BCUT2D eigenvalue weighted by Crippen LogP contribution is -2.14. The molecule has 1 N–H and O–H groups in total. The van der Waals surface area contributed by atoms with Crippen LogP contribution in [0.1, 0.15) is 26.2 Å². The molecular formula is C22H22F2N2O3. The van der Waals surface area contributed by atoms with Gasteiger partial charge in [0.25, 0.3) is 0 Å². The molecule has 0 saturated carbocycles. The van der Waals surface area contributed by atoms with E-state index in [9.17, 15) is 13.6 Å². The number of hydrogen-bond acceptors (Lipinski definition) is 4. The molecule has 152 valence electrons. The van der Waals surface area contributed by atoms with E-state index in [1.807, 2.05) is 26.0 Å². The molecule has 5 nitrogen and oxygen atoms in total. The second-order valence-electron chi connectivity index (χ2n) is 6.99. The Bertz CT molecular complexity index is 986. The summed E-state index contributed by atoms with van der Waals surface area (Å²) >= 11 is 0. The summed E-state index contributed by atoms with van der Waals surface area (Å²) in [4.78, 5) is 16.4. The Hall–Kier alpha value is -3.22. The fourth-order valence-electron chi connectivity index (χ4n) is 2.63. The Morgan fingerprint density at radius 3 is 2.76 bits per heavy atom. The van der Waals surface area contributed by atoms with Gasteiger partial charge in [-0.1, -0.05) is 26.0 Å². The molecular weight excluding hydrogens is 378 g/mol. The highest BCUT2D eigenvalue weighted by molar-refractivity contribution is 5.92. The maximum Gasteiger partial charge on any atom is 0.224 e. The van der Waals surface area contributed by atoms with Crippen LogP contribution in [-0.4, -0.2) is 17.5 Å². The van der Waals surface area contributed by atoms with E-state index in [4.69, 9.17) is 9.15 Å². The standard InChI is InChI=1S/C22H22F2N2O3/c1-14(2)13-28-19-6-4-3-5-18(19)26-21(27)9-10-22-25-12-20(29-22)16-8-7-15(23)11-17(16)24/h3-8,11-12,14H,9-10,13H2,1-2H3,(H,26,27). The molecule has 0 radical (unpaired) electrons. The summed E-state index contributed by atoms with van der Waals surface area (Å²) in [5, 5.41) is 2.82. The third-order valence-electron chi connectivity index (χ3n) is 4.05. The predicted molar refractivity (Wildman–Crippen MR) is 106 cm³/mol. The van der Waals surface area contributed by atoms with Crippen molar-refractivity contribution in [2.45, 2.75) is 26.7 Å². The van der Waals surface area contributed by atoms with Crippen molar-refractivity contribution in [3.8, 4) is 17.1 Å². The minimum absolute atomic E-state index is 0.117. The van der Waals surface area contributed by atoms with Gasteiger partial charge in [-0.25, -0.2) is 13.8 Å². The number of nitrogens with zero attached hydrogens (tertiary/aromatic N) is 1. The smallest absolute Gasteiger partial charge is 0.224 e. The number of ether oxygens (including phenoxy) is 1. The predicted octanol–water partition coefficient (Wildman–Crippen LogP) is 5.23. The SMILES string of the molecule is CC(C)COc1ccccc1NC(=O)CCc1ncc(-c2ccc(F)cc2F)o1. The molecule has 3 aromatic rings. The largest absolute Gasteiger partial charge is 0.491 e. The van der Waals surface area contributed by atoms with E-state index in [0.29, 0.717) is 29.9 Å². The van der Waals surface area contributed by atoms with E-state index in [1.165, 1.54) is 12.3 Å². The quantitative estimate of drug-likeness (QED) is 0.563. The van der Waals surface area contributed by atoms with Gasteiger partial charge in [0.1, 0.15) is 17.4 Å². The molecule has 7 heteroatoms. The normalized spacial score (nSPS) is 10.9. The number of hydrogen-bond donors (Lipinski definition) is 1. The molecule has 2 aromatic carbocycles. The van der Waals surface area contributed by atoms with Gasteiger partial charge in [0.05, 0.1) is 24.1 Å². The van der Waals surface area contributed by atoms with Gasteiger partial charge in [0.2, 0.25) is 5.91 Å². The number of halogens is 2. The minimum Gasteiger partial charge on any atom is -0.491 e. The van der Waals surface area contributed by atoms with Crippen LogP contribution < -0.4 is 10.1 Å². The topological polar surface area (TPSA) is 64.4 Å². The number of carbonyl (C=O) groups is 1. The molecule has 1 amide bonds. The van der Waals surface area contributed by atoms with E-state index in [-0.39, 0.29) is 30.1 Å². The van der Waals surface area contributed by atoms with E-state index in [1.54, 1.807) is 12.1 Å². The molecule has 0 aliphatic rings. The maximum absolute atomic E-state index is 13.8. The zero-order valence-electron chi connectivity index (χ0n) is 16.2. The molecule has 0 aliphatic heterocycles. The molecule has 29 heavy (non-hydrogen) atoms. The van der Waals surface area contributed by atoms with Crippen molar-refractivity contribution in [3.63, 3.8) is 0 Å². The van der Waals surface area contributed by atoms with Crippen LogP contribution in [0.15, 0.2) is 53.1 Å². The van der Waals surface area contributed by atoms with Gasteiger partial charge in [0, 0.05) is 18.9 Å². The number of anilines is 1. The Labute approximate surface area is 167 Å². The number of nitrogens with one attached hydrogen (secondary N) is 1. The number of benzene rings is 2. The minimum atomic E-state index is -0.733. The molecule has 1 aromatic heterocycles. The number of carbonyl (C=O) groups excluding carboxylic acids is 1. The van der Waals surface area contributed by atoms with Crippen LogP contribution in [0.25, 0.3) is 11.3 Å². The van der Waals surface area contributed by atoms with Crippen molar-refractivity contribution >= 4 is 11.6 Å². The molecule has 0 unspecified atom stereocenters. The zero-order valence-corrected chi connectivity index (χ0v) is 16.2. The lowest BCUT2D eigenvalue weighted by Gasteiger charge is -2.13. The third kappa shape index (κ3) is 5.63. The van der Waals surface area contributed by atoms with E-state index < -0.39 is 11.6 Å². The Kier molecular flexibility index (Phi) is 6.59. The zero-order chi connectivity index (χ0) is 20.8. The maximum atomic E-state index is 13.8. The Morgan fingerprint density at radius 1 is 1.21 bits per heavy atom. The van der Waals surface area contributed by atoms with Gasteiger partial charge in [0.15, 0.2) is 11.7 Å². The summed E-state index contributed by atoms with van der Waals surface area (Å²) in [7, 11) is 0. The van der Waals surface area contributed by atoms with Gasteiger partial charge in [-0.15, -0.1) is 0 Å². The fraction of sp³-hybridized carbons (Fsp3) is 0.273. The third-order valence-corrected chi connectivity index (χ3v) is 4.05. The van der Waals surface area contributed by atoms with Crippen LogP contribution in [0.5, 0.6) is 5.75 Å². The van der Waals surface area contributed by atoms with Crippen LogP contribution in [0.2, 0.25) is 0 Å². The van der Waals surface area contributed by atoms with Gasteiger partial charge >= 0.3 is 0 Å². The summed E-state index contributed by atoms with van der Waals surface area (Å²) in [6, 6.07) is 10.4. The lowest BCUT2D eigenvalue weighted by molar-refractivity contribution is -0.116. The van der Waals surface area contributed by atoms with Crippen LogP contribution in [0.4, 0.5) is 14.5 Å². The number of rotatable bonds is 8. The van der Waals surface area contributed by atoms with Crippen molar-refractivity contribution in [2.24, 2.45) is 5.92 Å². The van der Waals surface area contributed by atoms with E-state index in [2.05, 4.69) is 10.3 Å². The molecule has 0 spiro atoms. The second-order valence-corrected chi connectivity index (χ2v) is 6.99. The van der Waals surface area contributed by atoms with Crippen LogP contribution in [0.3, 0.4) is 0 Å². The number of para-hydroxylation sites is 2. The van der Waals surface area contributed by atoms with Crippen molar-refractivity contribution in [3.05, 3.63) is 66.2 Å². The molecule has 1 heterocycles. The molecule has 0 fully saturated rings. The summed E-state index contributed by atoms with van der Waals surface area (Å²) < 4.78 is 38.1. The van der Waals surface area contributed by atoms with E-state index >= 15 is 0 Å². The summed E-state index contributed by atoms with van der Waals surface area (Å²) in [6.45, 7) is 4.64. The molecule has 3 rings (SSSR count). The van der Waals surface area contributed by atoms with Gasteiger partial charge in [-0.2, -0.15) is 0 Å². The Morgan fingerprint density at radius 2 is 2.00 bits per heavy atom. The highest BCUT2D eigenvalue weighted by Crippen LogP contribution is 2.26. The molecule has 0 bridgehead atoms.